The van der Waals surface area contributed by atoms with Gasteiger partial charge in [0, 0.05) is 50.7 Å². The molecule has 36 heavy (non-hydrogen) atoms. The van der Waals surface area contributed by atoms with E-state index >= 15 is 0 Å². The molecule has 2 saturated heterocycles. The van der Waals surface area contributed by atoms with Gasteiger partial charge in [-0.25, -0.2) is 17.2 Å². The number of likely N-dealkylation sites (tertiary alicyclic amines) is 1. The molecular weight excluding hydrogens is 508 g/mol. The van der Waals surface area contributed by atoms with E-state index in [0.29, 0.717) is 55.2 Å². The van der Waals surface area contributed by atoms with E-state index in [1.807, 2.05) is 0 Å². The Morgan fingerprint density at radius 3 is 2.50 bits per heavy atom. The Hall–Kier alpha value is -2.63. The third kappa shape index (κ3) is 5.09. The van der Waals surface area contributed by atoms with Crippen molar-refractivity contribution in [3.63, 3.8) is 0 Å². The molecule has 3 aromatic rings. The lowest BCUT2D eigenvalue weighted by Crippen LogP contribution is -2.41. The number of ether oxygens (including phenoxy) is 1. The summed E-state index contributed by atoms with van der Waals surface area (Å²) in [7, 11) is -3.57. The van der Waals surface area contributed by atoms with Crippen LogP contribution in [0, 0.1) is 17.6 Å². The van der Waals surface area contributed by atoms with Crippen molar-refractivity contribution in [2.24, 2.45) is 5.92 Å². The van der Waals surface area contributed by atoms with Crippen LogP contribution in [0.5, 0.6) is 5.19 Å². The van der Waals surface area contributed by atoms with Gasteiger partial charge in [-0.1, -0.05) is 18.3 Å². The lowest BCUT2D eigenvalue weighted by atomic mass is 10.0. The maximum atomic E-state index is 13.9. The first kappa shape index (κ1) is 25.0. The normalized spacial score (nSPS) is 20.1. The van der Waals surface area contributed by atoms with Gasteiger partial charge in [-0.15, -0.1) is 0 Å². The fourth-order valence-corrected chi connectivity index (χ4v) is 7.29. The van der Waals surface area contributed by atoms with Crippen LogP contribution in [0.2, 0.25) is 0 Å². The predicted molar refractivity (Wildman–Crippen MR) is 133 cm³/mol. The number of nitrogens with zero attached hydrogens (tertiary/aromatic N) is 3. The Balaban J connectivity index is 1.19. The summed E-state index contributed by atoms with van der Waals surface area (Å²) in [4.78, 5) is 19.0. The molecule has 1 amide bonds. The van der Waals surface area contributed by atoms with Crippen molar-refractivity contribution in [2.75, 3.05) is 26.2 Å². The summed E-state index contributed by atoms with van der Waals surface area (Å²) in [5.41, 5.74) is 0.522. The zero-order valence-electron chi connectivity index (χ0n) is 19.8. The van der Waals surface area contributed by atoms with E-state index in [-0.39, 0.29) is 27.6 Å². The maximum Gasteiger partial charge on any atom is 0.274 e. The van der Waals surface area contributed by atoms with E-state index in [1.54, 1.807) is 17.0 Å². The van der Waals surface area contributed by atoms with Crippen molar-refractivity contribution in [1.29, 1.82) is 0 Å². The lowest BCUT2D eigenvalue weighted by molar-refractivity contribution is 0.0595. The Bertz CT molecular complexity index is 1370. The highest BCUT2D eigenvalue weighted by Gasteiger charge is 2.30. The molecule has 0 saturated carbocycles. The summed E-state index contributed by atoms with van der Waals surface area (Å²) in [5, 5.41) is 0.277. The van der Waals surface area contributed by atoms with Crippen LogP contribution in [0.4, 0.5) is 8.78 Å². The van der Waals surface area contributed by atoms with Crippen molar-refractivity contribution in [2.45, 2.75) is 43.6 Å². The highest BCUT2D eigenvalue weighted by Crippen LogP contribution is 2.32. The summed E-state index contributed by atoms with van der Waals surface area (Å²) in [5.74, 6) is -1.21. The van der Waals surface area contributed by atoms with E-state index in [2.05, 4.69) is 11.9 Å². The number of carbonyl (C=O) groups excluding carboxylic acids is 1. The number of hydrogen-bond acceptors (Lipinski definition) is 6. The van der Waals surface area contributed by atoms with E-state index in [1.165, 1.54) is 22.5 Å². The molecule has 0 N–H and O–H groups in total. The van der Waals surface area contributed by atoms with Gasteiger partial charge in [-0.2, -0.15) is 9.29 Å². The number of piperidine rings is 2. The first-order chi connectivity index (χ1) is 17.2. The maximum absolute atomic E-state index is 13.9. The lowest BCUT2D eigenvalue weighted by Gasteiger charge is -2.32. The predicted octanol–water partition coefficient (Wildman–Crippen LogP) is 4.68. The zero-order valence-corrected chi connectivity index (χ0v) is 21.5. The van der Waals surface area contributed by atoms with Gasteiger partial charge in [-0.05, 0) is 49.1 Å². The molecule has 192 valence electrons. The van der Waals surface area contributed by atoms with E-state index in [9.17, 15) is 22.0 Å². The third-order valence-electron chi connectivity index (χ3n) is 6.75. The summed E-state index contributed by atoms with van der Waals surface area (Å²) in [6.07, 6.45) is 2.82. The van der Waals surface area contributed by atoms with Crippen LogP contribution in [0.15, 0.2) is 41.3 Å². The van der Waals surface area contributed by atoms with Crippen molar-refractivity contribution < 1.29 is 26.7 Å². The zero-order chi connectivity index (χ0) is 25.4. The average Bonchev–Trinajstić information content (AvgIpc) is 3.27. The quantitative estimate of drug-likeness (QED) is 0.474. The topological polar surface area (TPSA) is 79.8 Å². The molecule has 5 rings (SSSR count). The molecule has 0 bridgehead atoms. The van der Waals surface area contributed by atoms with Gasteiger partial charge in [0.2, 0.25) is 10.0 Å². The van der Waals surface area contributed by atoms with Gasteiger partial charge in [0.25, 0.3) is 11.1 Å². The number of rotatable bonds is 5. The van der Waals surface area contributed by atoms with Crippen LogP contribution in [0.1, 0.15) is 43.0 Å². The molecule has 2 aliphatic rings. The molecular formula is C25H27F2N3O4S2. The van der Waals surface area contributed by atoms with Gasteiger partial charge in [0.15, 0.2) is 5.82 Å². The molecule has 2 fully saturated rings. The largest absolute Gasteiger partial charge is 0.467 e. The fourth-order valence-electron chi connectivity index (χ4n) is 4.77. The van der Waals surface area contributed by atoms with E-state index < -0.39 is 21.7 Å². The number of fused-ring (bicyclic) bond motifs is 1. The minimum atomic E-state index is -3.57. The SMILES string of the molecule is CC1CCCN(S(=O)(=O)c2ccc(C(=O)N3CCC(Oc4nc5c(F)cc(F)cc5s4)CC3)cc2)C1. The monoisotopic (exact) mass is 535 g/mol. The third-order valence-corrected chi connectivity index (χ3v) is 9.52. The van der Waals surface area contributed by atoms with Gasteiger partial charge < -0.3 is 9.64 Å². The number of hydrogen-bond donors (Lipinski definition) is 0. The van der Waals surface area contributed by atoms with Crippen LogP contribution in [-0.4, -0.2) is 60.8 Å². The number of benzene rings is 2. The Morgan fingerprint density at radius 1 is 1.08 bits per heavy atom. The number of thiazole rings is 1. The Kier molecular flexibility index (Phi) is 6.97. The molecule has 0 spiro atoms. The molecule has 1 aromatic heterocycles. The van der Waals surface area contributed by atoms with E-state index in [0.717, 1.165) is 30.2 Å². The number of carbonyl (C=O) groups is 1. The second-order valence-electron chi connectivity index (χ2n) is 9.46. The molecule has 2 aromatic carbocycles. The van der Waals surface area contributed by atoms with Gasteiger partial charge in [0.05, 0.1) is 9.60 Å². The van der Waals surface area contributed by atoms with Gasteiger partial charge in [-0.3, -0.25) is 4.79 Å². The molecule has 0 radical (unpaired) electrons. The molecule has 0 aliphatic carbocycles. The minimum absolute atomic E-state index is 0.0873. The van der Waals surface area contributed by atoms with Crippen LogP contribution in [-0.2, 0) is 10.0 Å². The first-order valence-electron chi connectivity index (χ1n) is 12.0. The van der Waals surface area contributed by atoms with Gasteiger partial charge in [0.1, 0.15) is 17.4 Å². The Labute approximate surface area is 212 Å². The van der Waals surface area contributed by atoms with Crippen molar-refractivity contribution in [1.82, 2.24) is 14.2 Å². The molecule has 7 nitrogen and oxygen atoms in total. The summed E-state index contributed by atoms with van der Waals surface area (Å²) >= 11 is 1.09. The highest BCUT2D eigenvalue weighted by atomic mass is 32.2. The molecule has 3 heterocycles. The fraction of sp³-hybridized carbons (Fsp3) is 0.440. The summed E-state index contributed by atoms with van der Waals surface area (Å²) < 4.78 is 61.1. The first-order valence-corrected chi connectivity index (χ1v) is 14.3. The minimum Gasteiger partial charge on any atom is -0.467 e. The van der Waals surface area contributed by atoms with Crippen LogP contribution in [0.3, 0.4) is 0 Å². The van der Waals surface area contributed by atoms with Crippen molar-refractivity contribution >= 4 is 37.5 Å². The smallest absolute Gasteiger partial charge is 0.274 e. The number of amides is 1. The molecule has 11 heteroatoms. The molecule has 1 atom stereocenters. The standard InChI is InChI=1S/C25H27F2N3O4S2/c1-16-3-2-10-30(15-16)36(32,33)20-6-4-17(5-7-20)24(31)29-11-8-19(9-12-29)34-25-28-23-21(27)13-18(26)14-22(23)35-25/h4-7,13-14,16,19H,2-3,8-12,15H2,1H3. The van der Waals surface area contributed by atoms with Gasteiger partial charge >= 0.3 is 0 Å². The number of halogens is 2. The molecule has 1 unspecified atom stereocenters. The van der Waals surface area contributed by atoms with Crippen LogP contribution >= 0.6 is 11.3 Å². The second-order valence-corrected chi connectivity index (χ2v) is 12.4. The summed E-state index contributed by atoms with van der Waals surface area (Å²) in [6, 6.07) is 8.18. The van der Waals surface area contributed by atoms with Crippen LogP contribution < -0.4 is 4.74 Å². The van der Waals surface area contributed by atoms with E-state index in [4.69, 9.17) is 4.74 Å². The molecule has 2 aliphatic heterocycles. The number of sulfonamides is 1. The van der Waals surface area contributed by atoms with Crippen molar-refractivity contribution in [3.05, 3.63) is 53.6 Å². The second kappa shape index (κ2) is 10.0. The Morgan fingerprint density at radius 2 is 1.81 bits per heavy atom. The van der Waals surface area contributed by atoms with Crippen molar-refractivity contribution in [3.8, 4) is 5.19 Å². The van der Waals surface area contributed by atoms with Crippen LogP contribution in [0.25, 0.3) is 10.2 Å². The summed E-state index contributed by atoms with van der Waals surface area (Å²) in [6.45, 7) is 4.01. The average molecular weight is 536 g/mol. The highest BCUT2D eigenvalue weighted by molar-refractivity contribution is 7.89. The number of aromatic nitrogens is 1.